The summed E-state index contributed by atoms with van der Waals surface area (Å²) in [6.07, 6.45) is 3.02. The lowest BCUT2D eigenvalue weighted by Crippen LogP contribution is -2.62. The van der Waals surface area contributed by atoms with Crippen LogP contribution in [0.1, 0.15) is 126 Å². The lowest BCUT2D eigenvalue weighted by molar-refractivity contribution is -0.145. The number of primary amides is 1. The van der Waals surface area contributed by atoms with E-state index in [0.29, 0.717) is 60.2 Å². The van der Waals surface area contributed by atoms with E-state index < -0.39 is 102 Å². The molecule has 83 heavy (non-hydrogen) atoms. The molecule has 10 amide bonds. The van der Waals surface area contributed by atoms with Gasteiger partial charge in [0.1, 0.15) is 30.2 Å². The SMILES string of the molecule is CC(=O)N1CC[C@H]2CC[C@@H](C(=O)NC(CCC(N)=O)C(=O)NC(C(=O)N3CCC(CCC#Cc4cccc5c4CN(C4CCC(=O)NC4=O)C5=O)CC3)c3ccccc3)N2C(=O)[C@@H](NC(=O)c2cc3cc(C(F)(F)P(=O)(O)O)ccc3s2)C1. The number of nitrogens with zero attached hydrogens (tertiary/aromatic N) is 4. The number of carbonyl (C=O) groups excluding carboxylic acids is 10. The molecule has 9 rings (SSSR count). The predicted octanol–water partition coefficient (Wildman–Crippen LogP) is 3.28. The molecule has 8 N–H and O–H groups in total. The summed E-state index contributed by atoms with van der Waals surface area (Å²) < 4.78 is 41.1. The highest BCUT2D eigenvalue weighted by molar-refractivity contribution is 7.52. The van der Waals surface area contributed by atoms with Crippen LogP contribution >= 0.6 is 18.9 Å². The minimum absolute atomic E-state index is 0.0521. The highest BCUT2D eigenvalue weighted by atomic mass is 32.1. The molecule has 4 fully saturated rings. The highest BCUT2D eigenvalue weighted by Gasteiger charge is 2.51. The van der Waals surface area contributed by atoms with E-state index in [4.69, 9.17) is 5.73 Å². The largest absolute Gasteiger partial charge is 0.399 e. The molecule has 1 aromatic heterocycles. The first-order valence-electron chi connectivity index (χ1n) is 27.3. The summed E-state index contributed by atoms with van der Waals surface area (Å²) in [4.78, 5) is 159. The number of carbonyl (C=O) groups is 10. The second-order valence-corrected chi connectivity index (χ2v) is 24.2. The van der Waals surface area contributed by atoms with Crippen LogP contribution in [0, 0.1) is 17.8 Å². The standard InChI is InChI=1S/C57H62F2N9O13PS/c1-32(69)66-27-24-38-15-17-44(68(38)55(77)42(31-66)62-53(75)46-29-36-28-37(14-19-45(36)83-46)57(58,59)82(79,80)81)52(74)61-41(16-20-47(60)70)50(72)64-49(35-10-3-2-4-11-35)56(78)65-25-22-33(23-26-65)8-5-6-9-34-12-7-13-39-40(34)30-67(54(39)76)43-18-21-48(71)63-51(43)73/h2-4,7,10-14,19,28-29,33,38,41-44,49H,5,8,15-18,20-27,30-31H2,1H3,(H2,60,70)(H,61,74)(H,62,75)(H,64,72)(H,63,71,73)(H2,79,80,81)/t38-,41?,42+,43?,44+,49?/m1/s1. The van der Waals surface area contributed by atoms with Gasteiger partial charge in [-0.1, -0.05) is 54.3 Å². The molecule has 4 saturated heterocycles. The molecule has 0 aliphatic carbocycles. The molecule has 22 nitrogen and oxygen atoms in total. The summed E-state index contributed by atoms with van der Waals surface area (Å²) >= 11 is 0.860. The van der Waals surface area contributed by atoms with Gasteiger partial charge < -0.3 is 51.1 Å². The number of piperidine rings is 2. The first kappa shape index (κ1) is 59.7. The number of amides is 10. The topological polar surface area (TPSA) is 315 Å². The van der Waals surface area contributed by atoms with Crippen molar-refractivity contribution < 1.29 is 71.1 Å². The average Bonchev–Trinajstić information content (AvgIpc) is 4.42. The Bertz CT molecular complexity index is 3390. The van der Waals surface area contributed by atoms with E-state index in [1.54, 1.807) is 47.4 Å². The Morgan fingerprint density at radius 3 is 2.33 bits per heavy atom. The van der Waals surface area contributed by atoms with Crippen LogP contribution in [-0.2, 0) is 55.1 Å². The van der Waals surface area contributed by atoms with Gasteiger partial charge in [0.05, 0.1) is 4.88 Å². The first-order chi connectivity index (χ1) is 39.5. The smallest absolute Gasteiger partial charge is 0.370 e. The van der Waals surface area contributed by atoms with Gasteiger partial charge in [-0.2, -0.15) is 8.78 Å². The number of halogens is 2. The average molecular weight is 1180 g/mol. The van der Waals surface area contributed by atoms with Crippen molar-refractivity contribution in [2.75, 3.05) is 26.2 Å². The van der Waals surface area contributed by atoms with Gasteiger partial charge in [-0.05, 0) is 104 Å². The highest BCUT2D eigenvalue weighted by Crippen LogP contribution is 2.59. The zero-order valence-electron chi connectivity index (χ0n) is 45.1. The molecule has 0 radical (unpaired) electrons. The molecule has 5 aliphatic rings. The quantitative estimate of drug-likeness (QED) is 0.0482. The normalized spacial score (nSPS) is 21.2. The number of fused-ring (bicyclic) bond motifs is 3. The molecular weight excluding hydrogens is 1120 g/mol. The van der Waals surface area contributed by atoms with Crippen molar-refractivity contribution in [2.45, 2.75) is 126 Å². The van der Waals surface area contributed by atoms with E-state index in [1.807, 2.05) is 6.07 Å². The maximum absolute atomic E-state index is 14.7. The van der Waals surface area contributed by atoms with Gasteiger partial charge in [0, 0.05) is 86.3 Å². The van der Waals surface area contributed by atoms with Gasteiger partial charge in [0.15, 0.2) is 0 Å². The van der Waals surface area contributed by atoms with E-state index in [1.165, 1.54) is 33.8 Å². The van der Waals surface area contributed by atoms with Crippen molar-refractivity contribution in [3.63, 3.8) is 0 Å². The molecule has 6 heterocycles. The van der Waals surface area contributed by atoms with Crippen molar-refractivity contribution in [2.24, 2.45) is 11.7 Å². The number of rotatable bonds is 16. The molecular formula is C57H62F2N9O13PS. The fraction of sp³-hybridized carbons (Fsp3) is 0.439. The Kier molecular flexibility index (Phi) is 17.9. The second kappa shape index (κ2) is 24.9. The Morgan fingerprint density at radius 1 is 0.892 bits per heavy atom. The number of hydrogen-bond donors (Lipinski definition) is 7. The van der Waals surface area contributed by atoms with E-state index in [2.05, 4.69) is 33.1 Å². The van der Waals surface area contributed by atoms with Crippen molar-refractivity contribution in [3.05, 3.63) is 105 Å². The Morgan fingerprint density at radius 2 is 1.63 bits per heavy atom. The van der Waals surface area contributed by atoms with E-state index in [0.717, 1.165) is 35.5 Å². The lowest BCUT2D eigenvalue weighted by Gasteiger charge is -2.38. The van der Waals surface area contributed by atoms with Crippen LogP contribution in [-0.4, -0.2) is 145 Å². The van der Waals surface area contributed by atoms with Gasteiger partial charge >= 0.3 is 13.3 Å². The third kappa shape index (κ3) is 13.2. The van der Waals surface area contributed by atoms with Crippen LogP contribution in [0.15, 0.2) is 72.8 Å². The van der Waals surface area contributed by atoms with Crippen LogP contribution in [0.25, 0.3) is 10.1 Å². The van der Waals surface area contributed by atoms with Gasteiger partial charge in [-0.3, -0.25) is 57.8 Å². The molecule has 6 atom stereocenters. The minimum atomic E-state index is -5.90. The van der Waals surface area contributed by atoms with Crippen molar-refractivity contribution in [1.29, 1.82) is 0 Å². The number of thiophene rings is 1. The van der Waals surface area contributed by atoms with E-state index in [9.17, 15) is 71.1 Å². The summed E-state index contributed by atoms with van der Waals surface area (Å²) in [5.41, 5.74) is 2.41. The molecule has 0 bridgehead atoms. The zero-order chi connectivity index (χ0) is 59.5. The summed E-state index contributed by atoms with van der Waals surface area (Å²) in [7, 11) is -5.90. The first-order valence-corrected chi connectivity index (χ1v) is 29.8. The number of nitrogens with one attached hydrogen (secondary N) is 4. The van der Waals surface area contributed by atoms with Crippen molar-refractivity contribution in [3.8, 4) is 11.8 Å². The third-order valence-corrected chi connectivity index (χ3v) is 18.2. The van der Waals surface area contributed by atoms with Crippen molar-refractivity contribution in [1.82, 2.24) is 40.9 Å². The zero-order valence-corrected chi connectivity index (χ0v) is 46.9. The maximum Gasteiger partial charge on any atom is 0.399 e. The number of alkyl halides is 2. The molecule has 5 aliphatic heterocycles. The molecule has 0 saturated carbocycles. The van der Waals surface area contributed by atoms with Crippen molar-refractivity contribution >= 4 is 88.1 Å². The van der Waals surface area contributed by atoms with Crippen LogP contribution in [0.5, 0.6) is 0 Å². The summed E-state index contributed by atoms with van der Waals surface area (Å²) in [6, 6.07) is 11.3. The Balaban J connectivity index is 0.844. The summed E-state index contributed by atoms with van der Waals surface area (Å²) in [6.45, 7) is 2.09. The van der Waals surface area contributed by atoms with Crippen LogP contribution < -0.4 is 27.0 Å². The summed E-state index contributed by atoms with van der Waals surface area (Å²) in [5, 5.41) is 10.6. The lowest BCUT2D eigenvalue weighted by atomic mass is 9.91. The molecule has 3 aromatic carbocycles. The van der Waals surface area contributed by atoms with Gasteiger partial charge in [0.25, 0.3) is 11.8 Å². The monoisotopic (exact) mass is 1180 g/mol. The number of nitrogens with two attached hydrogens (primary N) is 1. The van der Waals surface area contributed by atoms with Crippen LogP contribution in [0.2, 0.25) is 0 Å². The number of imide groups is 1. The fourth-order valence-electron chi connectivity index (χ4n) is 11.5. The summed E-state index contributed by atoms with van der Waals surface area (Å²) in [5.74, 6) is 0.838. The van der Waals surface area contributed by atoms with Crippen LogP contribution in [0.3, 0.4) is 0 Å². The Hall–Kier alpha value is -7.91. The molecule has 438 valence electrons. The number of likely N-dealkylation sites (tertiary alicyclic amines) is 1. The maximum atomic E-state index is 14.7. The molecule has 4 aromatic rings. The minimum Gasteiger partial charge on any atom is -0.370 e. The number of hydrogen-bond acceptors (Lipinski definition) is 12. The third-order valence-electron chi connectivity index (χ3n) is 16.1. The predicted molar refractivity (Wildman–Crippen MR) is 295 cm³/mol. The molecule has 0 spiro atoms. The fourth-order valence-corrected chi connectivity index (χ4v) is 12.9. The van der Waals surface area contributed by atoms with Crippen LogP contribution in [0.4, 0.5) is 8.78 Å². The molecule has 3 unspecified atom stereocenters. The molecule has 26 heteroatoms. The number of benzene rings is 3. The van der Waals surface area contributed by atoms with Gasteiger partial charge in [0.2, 0.25) is 47.3 Å². The Labute approximate surface area is 479 Å². The van der Waals surface area contributed by atoms with E-state index in [-0.39, 0.29) is 86.2 Å². The van der Waals surface area contributed by atoms with Gasteiger partial charge in [-0.15, -0.1) is 11.3 Å². The second-order valence-electron chi connectivity index (χ2n) is 21.5. The van der Waals surface area contributed by atoms with Gasteiger partial charge in [-0.25, -0.2) is 0 Å². The van der Waals surface area contributed by atoms with E-state index >= 15 is 0 Å².